The molecular formula is C15H30N2O2. The van der Waals surface area contributed by atoms with Crippen LogP contribution in [0.3, 0.4) is 0 Å². The van der Waals surface area contributed by atoms with Crippen LogP contribution in [0.5, 0.6) is 0 Å². The fraction of sp³-hybridized carbons (Fsp3) is 1.00. The van der Waals surface area contributed by atoms with Crippen molar-refractivity contribution in [2.75, 3.05) is 32.8 Å². The van der Waals surface area contributed by atoms with Gasteiger partial charge in [0, 0.05) is 44.7 Å². The van der Waals surface area contributed by atoms with Crippen LogP contribution >= 0.6 is 0 Å². The summed E-state index contributed by atoms with van der Waals surface area (Å²) in [5.41, 5.74) is -0.539. The van der Waals surface area contributed by atoms with E-state index in [-0.39, 0.29) is 0 Å². The lowest BCUT2D eigenvalue weighted by Gasteiger charge is -2.33. The van der Waals surface area contributed by atoms with E-state index in [0.29, 0.717) is 25.3 Å². The summed E-state index contributed by atoms with van der Waals surface area (Å²) in [6.45, 7) is 9.07. The molecule has 2 fully saturated rings. The van der Waals surface area contributed by atoms with Crippen molar-refractivity contribution in [3.05, 3.63) is 0 Å². The molecule has 4 heteroatoms. The Hall–Kier alpha value is -0.160. The Morgan fingerprint density at radius 2 is 2.00 bits per heavy atom. The highest BCUT2D eigenvalue weighted by atomic mass is 16.5. The maximum absolute atomic E-state index is 10.5. The lowest BCUT2D eigenvalue weighted by atomic mass is 9.93. The zero-order valence-electron chi connectivity index (χ0n) is 12.5. The van der Waals surface area contributed by atoms with Gasteiger partial charge in [0.1, 0.15) is 0 Å². The number of likely N-dealkylation sites (tertiary alicyclic amines) is 1. The number of hydrogen-bond acceptors (Lipinski definition) is 4. The summed E-state index contributed by atoms with van der Waals surface area (Å²) in [5, 5.41) is 14.1. The van der Waals surface area contributed by atoms with Crippen LogP contribution in [0, 0.1) is 0 Å². The van der Waals surface area contributed by atoms with E-state index < -0.39 is 5.60 Å². The second-order valence-electron chi connectivity index (χ2n) is 6.48. The Kier molecular flexibility index (Phi) is 5.63. The van der Waals surface area contributed by atoms with Crippen molar-refractivity contribution in [3.8, 4) is 0 Å². The Morgan fingerprint density at radius 3 is 2.68 bits per heavy atom. The average molecular weight is 270 g/mol. The first-order chi connectivity index (χ1) is 9.09. The van der Waals surface area contributed by atoms with Crippen molar-refractivity contribution in [1.29, 1.82) is 0 Å². The summed E-state index contributed by atoms with van der Waals surface area (Å²) in [6, 6.07) is 1.22. The molecule has 0 aliphatic carbocycles. The molecule has 0 aromatic rings. The van der Waals surface area contributed by atoms with E-state index in [1.54, 1.807) is 0 Å². The van der Waals surface area contributed by atoms with Crippen molar-refractivity contribution < 1.29 is 9.84 Å². The van der Waals surface area contributed by atoms with Gasteiger partial charge in [0.15, 0.2) is 0 Å². The van der Waals surface area contributed by atoms with E-state index in [9.17, 15) is 5.11 Å². The summed E-state index contributed by atoms with van der Waals surface area (Å²) >= 11 is 0. The SMILES string of the molecule is CC(C)N1CCCC(NCC2(O)CCOCC2)CC1. The van der Waals surface area contributed by atoms with Crippen molar-refractivity contribution in [2.24, 2.45) is 0 Å². The summed E-state index contributed by atoms with van der Waals surface area (Å²) in [5.74, 6) is 0. The molecule has 2 rings (SSSR count). The van der Waals surface area contributed by atoms with Gasteiger partial charge < -0.3 is 20.1 Å². The van der Waals surface area contributed by atoms with Crippen LogP contribution in [0.4, 0.5) is 0 Å². The van der Waals surface area contributed by atoms with Crippen molar-refractivity contribution >= 4 is 0 Å². The standard InChI is InChI=1S/C15H30N2O2/c1-13(2)17-8-3-4-14(5-9-17)16-12-15(18)6-10-19-11-7-15/h13-14,16,18H,3-12H2,1-2H3. The largest absolute Gasteiger partial charge is 0.388 e. The number of ether oxygens (including phenoxy) is 1. The van der Waals surface area contributed by atoms with E-state index in [0.717, 1.165) is 19.4 Å². The van der Waals surface area contributed by atoms with E-state index >= 15 is 0 Å². The van der Waals surface area contributed by atoms with E-state index in [2.05, 4.69) is 24.1 Å². The quantitative estimate of drug-likeness (QED) is 0.810. The molecule has 2 aliphatic rings. The van der Waals surface area contributed by atoms with Gasteiger partial charge in [0.05, 0.1) is 5.60 Å². The van der Waals surface area contributed by atoms with Crippen LogP contribution in [0.25, 0.3) is 0 Å². The first kappa shape index (κ1) is 15.2. The smallest absolute Gasteiger partial charge is 0.0815 e. The number of aliphatic hydroxyl groups is 1. The summed E-state index contributed by atoms with van der Waals surface area (Å²) in [7, 11) is 0. The van der Waals surface area contributed by atoms with Gasteiger partial charge in [-0.1, -0.05) is 0 Å². The van der Waals surface area contributed by atoms with Crippen molar-refractivity contribution in [1.82, 2.24) is 10.2 Å². The summed E-state index contributed by atoms with van der Waals surface area (Å²) < 4.78 is 5.32. The molecule has 1 unspecified atom stereocenters. The zero-order chi connectivity index (χ0) is 13.7. The predicted octanol–water partition coefficient (Wildman–Crippen LogP) is 1.38. The third-order valence-electron chi connectivity index (χ3n) is 4.64. The molecule has 0 saturated carbocycles. The highest BCUT2D eigenvalue weighted by molar-refractivity contribution is 4.86. The monoisotopic (exact) mass is 270 g/mol. The zero-order valence-corrected chi connectivity index (χ0v) is 12.5. The van der Waals surface area contributed by atoms with Gasteiger partial charge in [-0.2, -0.15) is 0 Å². The van der Waals surface area contributed by atoms with Crippen LogP contribution in [0.2, 0.25) is 0 Å². The minimum absolute atomic E-state index is 0.539. The normalized spacial score (nSPS) is 29.4. The molecule has 112 valence electrons. The molecule has 0 bridgehead atoms. The second kappa shape index (κ2) is 7.02. The summed E-state index contributed by atoms with van der Waals surface area (Å²) in [4.78, 5) is 2.56. The van der Waals surface area contributed by atoms with Crippen LogP contribution < -0.4 is 5.32 Å². The molecule has 1 atom stereocenters. The maximum atomic E-state index is 10.5. The van der Waals surface area contributed by atoms with Gasteiger partial charge in [-0.25, -0.2) is 0 Å². The lowest BCUT2D eigenvalue weighted by molar-refractivity contribution is -0.0629. The molecule has 19 heavy (non-hydrogen) atoms. The van der Waals surface area contributed by atoms with Gasteiger partial charge in [0.25, 0.3) is 0 Å². The molecule has 0 spiro atoms. The molecule has 0 radical (unpaired) electrons. The summed E-state index contributed by atoms with van der Waals surface area (Å²) in [6.07, 6.45) is 5.23. The molecule has 0 aromatic heterocycles. The van der Waals surface area contributed by atoms with Crippen LogP contribution in [-0.2, 0) is 4.74 Å². The van der Waals surface area contributed by atoms with Gasteiger partial charge in [0.2, 0.25) is 0 Å². The number of nitrogens with zero attached hydrogens (tertiary/aromatic N) is 1. The highest BCUT2D eigenvalue weighted by Crippen LogP contribution is 2.20. The third-order valence-corrected chi connectivity index (χ3v) is 4.64. The predicted molar refractivity (Wildman–Crippen MR) is 77.4 cm³/mol. The first-order valence-electron chi connectivity index (χ1n) is 7.87. The van der Waals surface area contributed by atoms with Crippen LogP contribution in [0.1, 0.15) is 46.0 Å². The number of nitrogens with one attached hydrogen (secondary N) is 1. The molecule has 4 nitrogen and oxygen atoms in total. The molecule has 2 saturated heterocycles. The van der Waals surface area contributed by atoms with Gasteiger partial charge in [-0.3, -0.25) is 0 Å². The minimum atomic E-state index is -0.539. The molecule has 0 amide bonds. The topological polar surface area (TPSA) is 44.7 Å². The van der Waals surface area contributed by atoms with Crippen molar-refractivity contribution in [2.45, 2.75) is 63.6 Å². The van der Waals surface area contributed by atoms with Gasteiger partial charge in [-0.05, 0) is 46.2 Å². The fourth-order valence-electron chi connectivity index (χ4n) is 3.10. The van der Waals surface area contributed by atoms with Crippen LogP contribution in [-0.4, -0.2) is 60.5 Å². The first-order valence-corrected chi connectivity index (χ1v) is 7.87. The fourth-order valence-corrected chi connectivity index (χ4v) is 3.10. The van der Waals surface area contributed by atoms with E-state index in [1.165, 1.54) is 32.4 Å². The average Bonchev–Trinajstić information content (AvgIpc) is 2.63. The minimum Gasteiger partial charge on any atom is -0.388 e. The highest BCUT2D eigenvalue weighted by Gasteiger charge is 2.30. The maximum Gasteiger partial charge on any atom is 0.0815 e. The molecule has 2 heterocycles. The second-order valence-corrected chi connectivity index (χ2v) is 6.48. The Morgan fingerprint density at radius 1 is 1.26 bits per heavy atom. The molecule has 2 aliphatic heterocycles. The molecular weight excluding hydrogens is 240 g/mol. The Labute approximate surface area is 117 Å². The Bertz CT molecular complexity index is 265. The lowest BCUT2D eigenvalue weighted by Crippen LogP contribution is -2.48. The molecule has 2 N–H and O–H groups in total. The van der Waals surface area contributed by atoms with E-state index in [4.69, 9.17) is 4.74 Å². The van der Waals surface area contributed by atoms with Gasteiger partial charge >= 0.3 is 0 Å². The van der Waals surface area contributed by atoms with Crippen LogP contribution in [0.15, 0.2) is 0 Å². The number of rotatable bonds is 4. The van der Waals surface area contributed by atoms with Crippen molar-refractivity contribution in [3.63, 3.8) is 0 Å². The molecule has 0 aromatic carbocycles. The van der Waals surface area contributed by atoms with Gasteiger partial charge in [-0.15, -0.1) is 0 Å². The number of hydrogen-bond donors (Lipinski definition) is 2. The van der Waals surface area contributed by atoms with E-state index in [1.807, 2.05) is 0 Å². The Balaban J connectivity index is 1.73. The third kappa shape index (κ3) is 4.71.